The maximum Gasteiger partial charge on any atom is 0.306 e. The highest BCUT2D eigenvalue weighted by atomic mass is 16.5. The van der Waals surface area contributed by atoms with Gasteiger partial charge in [0.1, 0.15) is 0 Å². The maximum absolute atomic E-state index is 12.0. The summed E-state index contributed by atoms with van der Waals surface area (Å²) < 4.78 is 9.85. The van der Waals surface area contributed by atoms with E-state index in [2.05, 4.69) is 9.64 Å². The van der Waals surface area contributed by atoms with Crippen LogP contribution in [0.25, 0.3) is 0 Å². The van der Waals surface area contributed by atoms with Crippen LogP contribution >= 0.6 is 0 Å². The summed E-state index contributed by atoms with van der Waals surface area (Å²) in [5.41, 5.74) is 0. The molecule has 0 unspecified atom stereocenters. The first kappa shape index (κ1) is 16.9. The first-order chi connectivity index (χ1) is 9.67. The smallest absolute Gasteiger partial charge is 0.306 e. The van der Waals surface area contributed by atoms with Crippen LogP contribution < -0.4 is 0 Å². The summed E-state index contributed by atoms with van der Waals surface area (Å²) in [4.78, 5) is 27.1. The second kappa shape index (κ2) is 9.72. The molecule has 1 fully saturated rings. The Morgan fingerprint density at radius 1 is 1.10 bits per heavy atom. The predicted molar refractivity (Wildman–Crippen MR) is 75.4 cm³/mol. The predicted octanol–water partition coefficient (Wildman–Crippen LogP) is 0.510. The van der Waals surface area contributed by atoms with Crippen LogP contribution in [0.4, 0.5) is 0 Å². The molecule has 0 aromatic heterocycles. The lowest BCUT2D eigenvalue weighted by Crippen LogP contribution is -2.49. The molecule has 116 valence electrons. The molecule has 1 aliphatic rings. The number of nitrogens with zero attached hydrogens (tertiary/aromatic N) is 2. The topological polar surface area (TPSA) is 59.1 Å². The summed E-state index contributed by atoms with van der Waals surface area (Å²) in [5, 5.41) is 0. The molecule has 0 bridgehead atoms. The lowest BCUT2D eigenvalue weighted by Gasteiger charge is -2.34. The molecule has 6 heteroatoms. The van der Waals surface area contributed by atoms with Crippen molar-refractivity contribution in [2.75, 3.05) is 53.0 Å². The van der Waals surface area contributed by atoms with E-state index in [0.29, 0.717) is 32.6 Å². The number of methoxy groups -OCH3 is 1. The fourth-order valence-corrected chi connectivity index (χ4v) is 2.20. The Bertz CT molecular complexity index is 302. The van der Waals surface area contributed by atoms with Gasteiger partial charge in [0.2, 0.25) is 5.91 Å². The van der Waals surface area contributed by atoms with Gasteiger partial charge < -0.3 is 14.4 Å². The van der Waals surface area contributed by atoms with Gasteiger partial charge in [0.15, 0.2) is 0 Å². The quantitative estimate of drug-likeness (QED) is 0.481. The fraction of sp³-hybridized carbons (Fsp3) is 0.857. The SMILES string of the molecule is CCOCCCC(=O)N1CCN(CCC(=O)OC)CC1. The summed E-state index contributed by atoms with van der Waals surface area (Å²) >= 11 is 0. The number of amides is 1. The molecule has 6 nitrogen and oxygen atoms in total. The van der Waals surface area contributed by atoms with Crippen molar-refractivity contribution in [2.45, 2.75) is 26.2 Å². The van der Waals surface area contributed by atoms with Crippen LogP contribution in [0.5, 0.6) is 0 Å². The third kappa shape index (κ3) is 6.34. The van der Waals surface area contributed by atoms with Crippen molar-refractivity contribution in [1.29, 1.82) is 0 Å². The fourth-order valence-electron chi connectivity index (χ4n) is 2.20. The zero-order valence-electron chi connectivity index (χ0n) is 12.6. The van der Waals surface area contributed by atoms with Crippen molar-refractivity contribution in [3.05, 3.63) is 0 Å². The summed E-state index contributed by atoms with van der Waals surface area (Å²) in [5.74, 6) is 0.0248. The van der Waals surface area contributed by atoms with Crippen LogP contribution in [0.2, 0.25) is 0 Å². The molecule has 1 amide bonds. The van der Waals surface area contributed by atoms with E-state index >= 15 is 0 Å². The minimum absolute atomic E-state index is 0.181. The molecule has 1 heterocycles. The molecule has 0 aromatic rings. The first-order valence-corrected chi connectivity index (χ1v) is 7.32. The van der Waals surface area contributed by atoms with Crippen molar-refractivity contribution in [3.63, 3.8) is 0 Å². The van der Waals surface area contributed by atoms with Crippen LogP contribution in [-0.2, 0) is 19.1 Å². The Labute approximate surface area is 121 Å². The normalized spacial score (nSPS) is 16.2. The third-order valence-corrected chi connectivity index (χ3v) is 3.47. The van der Waals surface area contributed by atoms with Gasteiger partial charge in [0, 0.05) is 52.4 Å². The van der Waals surface area contributed by atoms with Gasteiger partial charge in [-0.15, -0.1) is 0 Å². The Kier molecular flexibility index (Phi) is 8.22. The van der Waals surface area contributed by atoms with E-state index in [4.69, 9.17) is 4.74 Å². The monoisotopic (exact) mass is 286 g/mol. The molecule has 0 saturated carbocycles. The molecular formula is C14H26N2O4. The molecule has 1 aliphatic heterocycles. The van der Waals surface area contributed by atoms with Gasteiger partial charge in [-0.1, -0.05) is 0 Å². The Morgan fingerprint density at radius 2 is 1.80 bits per heavy atom. The highest BCUT2D eigenvalue weighted by Crippen LogP contribution is 2.06. The van der Waals surface area contributed by atoms with Crippen LogP contribution in [0.3, 0.4) is 0 Å². The standard InChI is InChI=1S/C14H26N2O4/c1-3-20-12-4-5-13(17)16-10-8-15(9-11-16)7-6-14(18)19-2/h3-12H2,1-2H3. The van der Waals surface area contributed by atoms with Crippen LogP contribution in [0, 0.1) is 0 Å². The average Bonchev–Trinajstić information content (AvgIpc) is 2.49. The van der Waals surface area contributed by atoms with Crippen molar-refractivity contribution in [3.8, 4) is 0 Å². The van der Waals surface area contributed by atoms with E-state index < -0.39 is 0 Å². The summed E-state index contributed by atoms with van der Waals surface area (Å²) in [6.45, 7) is 7.16. The number of rotatable bonds is 8. The van der Waals surface area contributed by atoms with Gasteiger partial charge in [-0.2, -0.15) is 0 Å². The minimum Gasteiger partial charge on any atom is -0.469 e. The van der Waals surface area contributed by atoms with Crippen molar-refractivity contribution < 1.29 is 19.1 Å². The molecule has 0 aromatic carbocycles. The summed E-state index contributed by atoms with van der Waals surface area (Å²) in [6.07, 6.45) is 1.76. The number of hydrogen-bond acceptors (Lipinski definition) is 5. The number of hydrogen-bond donors (Lipinski definition) is 0. The maximum atomic E-state index is 12.0. The van der Waals surface area contributed by atoms with Gasteiger partial charge in [0.05, 0.1) is 13.5 Å². The number of piperazine rings is 1. The van der Waals surface area contributed by atoms with Crippen LogP contribution in [0.15, 0.2) is 0 Å². The number of ether oxygens (including phenoxy) is 2. The number of carbonyl (C=O) groups excluding carboxylic acids is 2. The lowest BCUT2D eigenvalue weighted by atomic mass is 10.2. The highest BCUT2D eigenvalue weighted by Gasteiger charge is 2.20. The first-order valence-electron chi connectivity index (χ1n) is 7.32. The van der Waals surface area contributed by atoms with Gasteiger partial charge in [-0.25, -0.2) is 0 Å². The molecule has 1 rings (SSSR count). The number of esters is 1. The Hall–Kier alpha value is -1.14. The van der Waals surface area contributed by atoms with Gasteiger partial charge in [-0.05, 0) is 13.3 Å². The van der Waals surface area contributed by atoms with Crippen molar-refractivity contribution >= 4 is 11.9 Å². The molecule has 0 spiro atoms. The molecule has 20 heavy (non-hydrogen) atoms. The van der Waals surface area contributed by atoms with Gasteiger partial charge in [-0.3, -0.25) is 14.5 Å². The minimum atomic E-state index is -0.181. The van der Waals surface area contributed by atoms with E-state index in [9.17, 15) is 9.59 Å². The van der Waals surface area contributed by atoms with E-state index in [1.165, 1.54) is 7.11 Å². The average molecular weight is 286 g/mol. The molecular weight excluding hydrogens is 260 g/mol. The summed E-state index contributed by atoms with van der Waals surface area (Å²) in [7, 11) is 1.40. The van der Waals surface area contributed by atoms with Crippen molar-refractivity contribution in [2.24, 2.45) is 0 Å². The zero-order valence-corrected chi connectivity index (χ0v) is 12.6. The van der Waals surface area contributed by atoms with Crippen LogP contribution in [0.1, 0.15) is 26.2 Å². The Balaban J connectivity index is 2.14. The molecule has 1 saturated heterocycles. The van der Waals surface area contributed by atoms with Crippen LogP contribution in [-0.4, -0.2) is 74.7 Å². The van der Waals surface area contributed by atoms with E-state index in [1.54, 1.807) is 0 Å². The summed E-state index contributed by atoms with van der Waals surface area (Å²) in [6, 6.07) is 0. The van der Waals surface area contributed by atoms with Crippen molar-refractivity contribution in [1.82, 2.24) is 9.80 Å². The molecule has 0 aliphatic carbocycles. The second-order valence-corrected chi connectivity index (χ2v) is 4.85. The lowest BCUT2D eigenvalue weighted by molar-refractivity contribution is -0.141. The largest absolute Gasteiger partial charge is 0.469 e. The van der Waals surface area contributed by atoms with E-state index in [1.807, 2.05) is 11.8 Å². The van der Waals surface area contributed by atoms with E-state index in [-0.39, 0.29) is 11.9 Å². The number of carbonyl (C=O) groups is 2. The van der Waals surface area contributed by atoms with Gasteiger partial charge in [0.25, 0.3) is 0 Å². The third-order valence-electron chi connectivity index (χ3n) is 3.47. The van der Waals surface area contributed by atoms with Gasteiger partial charge >= 0.3 is 5.97 Å². The second-order valence-electron chi connectivity index (χ2n) is 4.85. The molecule has 0 atom stereocenters. The highest BCUT2D eigenvalue weighted by molar-refractivity contribution is 5.76. The van der Waals surface area contributed by atoms with E-state index in [0.717, 1.165) is 32.6 Å². The zero-order chi connectivity index (χ0) is 14.8. The Morgan fingerprint density at radius 3 is 2.40 bits per heavy atom. The molecule has 0 N–H and O–H groups in total. The molecule has 0 radical (unpaired) electrons.